The summed E-state index contributed by atoms with van der Waals surface area (Å²) < 4.78 is 10.6. The van der Waals surface area contributed by atoms with E-state index in [1.165, 1.54) is 16.6 Å². The van der Waals surface area contributed by atoms with Crippen LogP contribution in [-0.2, 0) is 17.7 Å². The summed E-state index contributed by atoms with van der Waals surface area (Å²) in [6.07, 6.45) is 2.45. The van der Waals surface area contributed by atoms with Crippen molar-refractivity contribution in [2.24, 2.45) is 0 Å². The third-order valence-electron chi connectivity index (χ3n) is 4.70. The molecular formula is C20H21N3O3. The second-order valence-electron chi connectivity index (χ2n) is 6.30. The molecule has 0 aliphatic carbocycles. The zero-order chi connectivity index (χ0) is 17.9. The second-order valence-corrected chi connectivity index (χ2v) is 6.30. The monoisotopic (exact) mass is 351 g/mol. The predicted molar refractivity (Wildman–Crippen MR) is 98.4 cm³/mol. The maximum atomic E-state index is 13.1. The summed E-state index contributed by atoms with van der Waals surface area (Å²) >= 11 is 0. The van der Waals surface area contributed by atoms with E-state index in [1.54, 1.807) is 25.4 Å². The molecule has 1 aromatic carbocycles. The number of nitrogens with zero attached hydrogens (tertiary/aromatic N) is 2. The SMILES string of the molecule is COCCOc1ncccc1C(=O)N1CCc2[nH]c3ccccc3c2C1. The number of aromatic nitrogens is 2. The van der Waals surface area contributed by atoms with Crippen molar-refractivity contribution in [1.29, 1.82) is 0 Å². The van der Waals surface area contributed by atoms with Gasteiger partial charge in [-0.05, 0) is 18.2 Å². The number of ether oxygens (including phenoxy) is 2. The number of nitrogens with one attached hydrogen (secondary N) is 1. The first-order valence-electron chi connectivity index (χ1n) is 8.72. The molecule has 0 saturated heterocycles. The van der Waals surface area contributed by atoms with Gasteiger partial charge in [-0.3, -0.25) is 4.79 Å². The predicted octanol–water partition coefficient (Wildman–Crippen LogP) is 2.79. The van der Waals surface area contributed by atoms with Crippen molar-refractivity contribution in [3.8, 4) is 5.88 Å². The molecule has 1 aliphatic rings. The van der Waals surface area contributed by atoms with Crippen molar-refractivity contribution in [3.05, 3.63) is 59.4 Å². The van der Waals surface area contributed by atoms with Gasteiger partial charge in [0.1, 0.15) is 12.2 Å². The summed E-state index contributed by atoms with van der Waals surface area (Å²) in [6.45, 7) is 2.07. The molecule has 1 N–H and O–H groups in total. The van der Waals surface area contributed by atoms with Crippen LogP contribution in [0.4, 0.5) is 0 Å². The van der Waals surface area contributed by atoms with Crippen LogP contribution in [0, 0.1) is 0 Å². The fourth-order valence-electron chi connectivity index (χ4n) is 3.40. The molecule has 0 spiro atoms. The number of carbonyl (C=O) groups excluding carboxylic acids is 1. The average Bonchev–Trinajstić information content (AvgIpc) is 3.06. The summed E-state index contributed by atoms with van der Waals surface area (Å²) in [4.78, 5) is 22.6. The van der Waals surface area contributed by atoms with E-state index >= 15 is 0 Å². The molecule has 3 aromatic rings. The smallest absolute Gasteiger partial charge is 0.259 e. The fraction of sp³-hybridized carbons (Fsp3) is 0.300. The number of para-hydroxylation sites is 1. The largest absolute Gasteiger partial charge is 0.475 e. The summed E-state index contributed by atoms with van der Waals surface area (Å²) in [5.74, 6) is 0.306. The molecule has 0 atom stereocenters. The zero-order valence-corrected chi connectivity index (χ0v) is 14.7. The van der Waals surface area contributed by atoms with Crippen molar-refractivity contribution in [2.45, 2.75) is 13.0 Å². The minimum Gasteiger partial charge on any atom is -0.475 e. The number of aromatic amines is 1. The lowest BCUT2D eigenvalue weighted by Gasteiger charge is -2.27. The van der Waals surface area contributed by atoms with E-state index in [4.69, 9.17) is 9.47 Å². The topological polar surface area (TPSA) is 67.5 Å². The second kappa shape index (κ2) is 7.17. The van der Waals surface area contributed by atoms with Gasteiger partial charge in [-0.25, -0.2) is 4.98 Å². The number of hydrogen-bond acceptors (Lipinski definition) is 4. The highest BCUT2D eigenvalue weighted by atomic mass is 16.5. The Hall–Kier alpha value is -2.86. The third kappa shape index (κ3) is 3.04. The minimum absolute atomic E-state index is 0.0542. The fourth-order valence-corrected chi connectivity index (χ4v) is 3.40. The molecular weight excluding hydrogens is 330 g/mol. The van der Waals surface area contributed by atoms with Crippen LogP contribution in [0.1, 0.15) is 21.6 Å². The molecule has 4 rings (SSSR count). The molecule has 0 unspecified atom stereocenters. The van der Waals surface area contributed by atoms with Crippen LogP contribution in [0.3, 0.4) is 0 Å². The highest BCUT2D eigenvalue weighted by Crippen LogP contribution is 2.29. The first-order chi connectivity index (χ1) is 12.8. The number of benzene rings is 1. The standard InChI is InChI=1S/C20H21N3O3/c1-25-11-12-26-19-15(6-4-9-21-19)20(24)23-10-8-18-16(13-23)14-5-2-3-7-17(14)22-18/h2-7,9,22H,8,10-13H2,1H3. The summed E-state index contributed by atoms with van der Waals surface area (Å²) in [6, 6.07) is 11.7. The van der Waals surface area contributed by atoms with Crippen LogP contribution in [-0.4, -0.2) is 47.6 Å². The van der Waals surface area contributed by atoms with Crippen LogP contribution in [0.5, 0.6) is 5.88 Å². The van der Waals surface area contributed by atoms with Gasteiger partial charge in [0, 0.05) is 55.0 Å². The van der Waals surface area contributed by atoms with Gasteiger partial charge < -0.3 is 19.4 Å². The van der Waals surface area contributed by atoms with Gasteiger partial charge in [0.05, 0.1) is 6.61 Å². The Morgan fingerprint density at radius 3 is 3.00 bits per heavy atom. The normalized spacial score (nSPS) is 13.7. The first kappa shape index (κ1) is 16.6. The molecule has 26 heavy (non-hydrogen) atoms. The number of fused-ring (bicyclic) bond motifs is 3. The Labute approximate surface area is 151 Å². The van der Waals surface area contributed by atoms with Crippen molar-refractivity contribution < 1.29 is 14.3 Å². The van der Waals surface area contributed by atoms with Crippen LogP contribution in [0.25, 0.3) is 10.9 Å². The van der Waals surface area contributed by atoms with Crippen LogP contribution in [0.2, 0.25) is 0 Å². The maximum absolute atomic E-state index is 13.1. The maximum Gasteiger partial charge on any atom is 0.259 e. The number of amides is 1. The minimum atomic E-state index is -0.0542. The molecule has 2 aromatic heterocycles. The van der Waals surface area contributed by atoms with Crippen molar-refractivity contribution >= 4 is 16.8 Å². The number of rotatable bonds is 5. The van der Waals surface area contributed by atoms with Gasteiger partial charge >= 0.3 is 0 Å². The molecule has 1 aliphatic heterocycles. The Kier molecular flexibility index (Phi) is 4.58. The Balaban J connectivity index is 1.58. The molecule has 0 saturated carbocycles. The summed E-state index contributed by atoms with van der Waals surface area (Å²) in [7, 11) is 1.61. The highest BCUT2D eigenvalue weighted by Gasteiger charge is 2.26. The lowest BCUT2D eigenvalue weighted by atomic mass is 10.0. The molecule has 0 bridgehead atoms. The van der Waals surface area contributed by atoms with Crippen molar-refractivity contribution in [3.63, 3.8) is 0 Å². The van der Waals surface area contributed by atoms with E-state index in [9.17, 15) is 4.79 Å². The first-order valence-corrected chi connectivity index (χ1v) is 8.72. The number of pyridine rings is 1. The lowest BCUT2D eigenvalue weighted by molar-refractivity contribution is 0.0726. The molecule has 1 amide bonds. The van der Waals surface area contributed by atoms with E-state index in [2.05, 4.69) is 22.1 Å². The number of methoxy groups -OCH3 is 1. The van der Waals surface area contributed by atoms with E-state index < -0.39 is 0 Å². The average molecular weight is 351 g/mol. The Morgan fingerprint density at radius 1 is 1.23 bits per heavy atom. The van der Waals surface area contributed by atoms with Gasteiger partial charge in [0.15, 0.2) is 0 Å². The number of H-pyrrole nitrogens is 1. The van der Waals surface area contributed by atoms with E-state index in [-0.39, 0.29) is 5.91 Å². The van der Waals surface area contributed by atoms with E-state index in [0.717, 1.165) is 11.9 Å². The van der Waals surface area contributed by atoms with Gasteiger partial charge in [-0.1, -0.05) is 18.2 Å². The summed E-state index contributed by atoms with van der Waals surface area (Å²) in [5, 5.41) is 1.18. The Morgan fingerprint density at radius 2 is 2.12 bits per heavy atom. The van der Waals surface area contributed by atoms with Gasteiger partial charge in [0.2, 0.25) is 5.88 Å². The highest BCUT2D eigenvalue weighted by molar-refractivity contribution is 5.97. The van der Waals surface area contributed by atoms with Crippen LogP contribution in [0.15, 0.2) is 42.6 Å². The zero-order valence-electron chi connectivity index (χ0n) is 14.7. The third-order valence-corrected chi connectivity index (χ3v) is 4.70. The lowest BCUT2D eigenvalue weighted by Crippen LogP contribution is -2.36. The molecule has 6 heteroatoms. The molecule has 0 fully saturated rings. The van der Waals surface area contributed by atoms with E-state index in [0.29, 0.717) is 37.7 Å². The van der Waals surface area contributed by atoms with Gasteiger partial charge in [0.25, 0.3) is 5.91 Å². The number of carbonyl (C=O) groups is 1. The van der Waals surface area contributed by atoms with Crippen molar-refractivity contribution in [2.75, 3.05) is 26.9 Å². The van der Waals surface area contributed by atoms with Crippen LogP contribution < -0.4 is 4.74 Å². The van der Waals surface area contributed by atoms with Gasteiger partial charge in [-0.2, -0.15) is 0 Å². The van der Waals surface area contributed by atoms with E-state index in [1.807, 2.05) is 17.0 Å². The van der Waals surface area contributed by atoms with Crippen LogP contribution >= 0.6 is 0 Å². The molecule has 0 radical (unpaired) electrons. The molecule has 3 heterocycles. The van der Waals surface area contributed by atoms with Gasteiger partial charge in [-0.15, -0.1) is 0 Å². The molecule has 6 nitrogen and oxygen atoms in total. The van der Waals surface area contributed by atoms with Crippen molar-refractivity contribution in [1.82, 2.24) is 14.9 Å². The quantitative estimate of drug-likeness (QED) is 0.718. The summed E-state index contributed by atoms with van der Waals surface area (Å²) in [5.41, 5.74) is 4.03. The molecule has 134 valence electrons. The number of hydrogen-bond donors (Lipinski definition) is 1. The Bertz CT molecular complexity index is 935.